The van der Waals surface area contributed by atoms with Crippen molar-refractivity contribution < 1.29 is 9.59 Å². The van der Waals surface area contributed by atoms with Gasteiger partial charge in [-0.05, 0) is 42.0 Å². The maximum Gasteiger partial charge on any atom is 0.309 e. The first kappa shape index (κ1) is 17.7. The Balaban J connectivity index is 1.46. The van der Waals surface area contributed by atoms with Gasteiger partial charge >= 0.3 is 11.8 Å². The van der Waals surface area contributed by atoms with Crippen molar-refractivity contribution in [2.24, 2.45) is 0 Å². The fourth-order valence-electron chi connectivity index (χ4n) is 3.56. The van der Waals surface area contributed by atoms with E-state index in [1.54, 1.807) is 6.20 Å². The van der Waals surface area contributed by atoms with Gasteiger partial charge < -0.3 is 10.6 Å². The van der Waals surface area contributed by atoms with Gasteiger partial charge in [-0.15, -0.1) is 0 Å². The standard InChI is InChI=1S/C21H24N4O2/c26-20(21(27)24-18-7-8-18)23-13-19(16-6-3-10-22-12-16)25-11-9-15-4-1-2-5-17(15)14-25/h1-6,10,12,18-19H,7-9,11,13-14H2,(H,23,26)(H,24,27). The molecule has 140 valence electrons. The largest absolute Gasteiger partial charge is 0.346 e. The molecule has 1 aliphatic heterocycles. The molecule has 27 heavy (non-hydrogen) atoms. The number of carbonyl (C=O) groups excluding carboxylic acids is 2. The molecule has 0 bridgehead atoms. The van der Waals surface area contributed by atoms with Gasteiger partial charge in [0.05, 0.1) is 6.04 Å². The zero-order valence-corrected chi connectivity index (χ0v) is 15.2. The van der Waals surface area contributed by atoms with E-state index in [9.17, 15) is 9.59 Å². The summed E-state index contributed by atoms with van der Waals surface area (Å²) < 4.78 is 0. The smallest absolute Gasteiger partial charge is 0.309 e. The highest BCUT2D eigenvalue weighted by molar-refractivity contribution is 6.35. The molecular weight excluding hydrogens is 340 g/mol. The first-order chi connectivity index (χ1) is 13.2. The van der Waals surface area contributed by atoms with E-state index in [-0.39, 0.29) is 12.1 Å². The monoisotopic (exact) mass is 364 g/mol. The molecule has 2 N–H and O–H groups in total. The molecule has 1 saturated carbocycles. The van der Waals surface area contributed by atoms with Crippen LogP contribution in [0.5, 0.6) is 0 Å². The molecule has 2 amide bonds. The van der Waals surface area contributed by atoms with Gasteiger partial charge in [-0.25, -0.2) is 0 Å². The lowest BCUT2D eigenvalue weighted by atomic mass is 9.97. The van der Waals surface area contributed by atoms with Gasteiger partial charge in [0.25, 0.3) is 0 Å². The molecule has 1 aromatic carbocycles. The number of rotatable bonds is 5. The summed E-state index contributed by atoms with van der Waals surface area (Å²) >= 11 is 0. The minimum Gasteiger partial charge on any atom is -0.346 e. The van der Waals surface area contributed by atoms with E-state index in [1.165, 1.54) is 11.1 Å². The molecule has 1 aromatic heterocycles. The first-order valence-corrected chi connectivity index (χ1v) is 9.50. The molecule has 2 heterocycles. The molecular formula is C21H24N4O2. The highest BCUT2D eigenvalue weighted by Gasteiger charge is 2.28. The zero-order chi connectivity index (χ0) is 18.6. The normalized spacial score (nSPS) is 17.6. The fourth-order valence-corrected chi connectivity index (χ4v) is 3.56. The summed E-state index contributed by atoms with van der Waals surface area (Å²) in [4.78, 5) is 30.7. The molecule has 1 unspecified atom stereocenters. The Kier molecular flexibility index (Phi) is 5.16. The Hall–Kier alpha value is -2.73. The summed E-state index contributed by atoms with van der Waals surface area (Å²) in [5.41, 5.74) is 3.74. The lowest BCUT2D eigenvalue weighted by Gasteiger charge is -2.35. The van der Waals surface area contributed by atoms with Gasteiger partial charge in [0, 0.05) is 38.1 Å². The molecule has 2 aromatic rings. The quantitative estimate of drug-likeness (QED) is 0.790. The predicted octanol–water partition coefficient (Wildman–Crippen LogP) is 1.58. The van der Waals surface area contributed by atoms with Crippen molar-refractivity contribution in [1.29, 1.82) is 0 Å². The van der Waals surface area contributed by atoms with Crippen LogP contribution in [-0.2, 0) is 22.6 Å². The van der Waals surface area contributed by atoms with Crippen LogP contribution in [0.2, 0.25) is 0 Å². The predicted molar refractivity (Wildman–Crippen MR) is 102 cm³/mol. The molecule has 0 radical (unpaired) electrons. The van der Waals surface area contributed by atoms with Crippen LogP contribution in [0.3, 0.4) is 0 Å². The van der Waals surface area contributed by atoms with Gasteiger partial charge in [-0.3, -0.25) is 19.5 Å². The molecule has 1 atom stereocenters. The minimum absolute atomic E-state index is 0.0234. The third-order valence-corrected chi connectivity index (χ3v) is 5.24. The average Bonchev–Trinajstić information content (AvgIpc) is 3.52. The van der Waals surface area contributed by atoms with Gasteiger partial charge in [0.15, 0.2) is 0 Å². The van der Waals surface area contributed by atoms with Crippen LogP contribution in [-0.4, -0.2) is 40.8 Å². The molecule has 0 spiro atoms. The van der Waals surface area contributed by atoms with Crippen molar-refractivity contribution in [2.45, 2.75) is 37.9 Å². The van der Waals surface area contributed by atoms with E-state index < -0.39 is 11.8 Å². The zero-order valence-electron chi connectivity index (χ0n) is 15.2. The maximum absolute atomic E-state index is 12.2. The van der Waals surface area contributed by atoms with Crippen molar-refractivity contribution in [3.05, 3.63) is 65.5 Å². The Labute approximate surface area is 159 Å². The van der Waals surface area contributed by atoms with Crippen molar-refractivity contribution in [3.8, 4) is 0 Å². The van der Waals surface area contributed by atoms with Gasteiger partial charge in [0.2, 0.25) is 0 Å². The van der Waals surface area contributed by atoms with Crippen LogP contribution in [0.4, 0.5) is 0 Å². The molecule has 1 aliphatic carbocycles. The van der Waals surface area contributed by atoms with E-state index in [4.69, 9.17) is 0 Å². The lowest BCUT2D eigenvalue weighted by Crippen LogP contribution is -2.45. The van der Waals surface area contributed by atoms with Crippen molar-refractivity contribution in [1.82, 2.24) is 20.5 Å². The van der Waals surface area contributed by atoms with Gasteiger partial charge in [0.1, 0.15) is 0 Å². The molecule has 1 fully saturated rings. The number of hydrogen-bond donors (Lipinski definition) is 2. The average molecular weight is 364 g/mol. The number of pyridine rings is 1. The van der Waals surface area contributed by atoms with Crippen LogP contribution >= 0.6 is 0 Å². The third kappa shape index (κ3) is 4.34. The Morgan fingerprint density at radius 2 is 1.93 bits per heavy atom. The third-order valence-electron chi connectivity index (χ3n) is 5.24. The number of benzene rings is 1. The summed E-state index contributed by atoms with van der Waals surface area (Å²) in [5, 5.41) is 5.55. The lowest BCUT2D eigenvalue weighted by molar-refractivity contribution is -0.139. The molecule has 2 aliphatic rings. The van der Waals surface area contributed by atoms with Crippen molar-refractivity contribution in [3.63, 3.8) is 0 Å². The SMILES string of the molecule is O=C(NCC(c1cccnc1)N1CCc2ccccc2C1)C(=O)NC1CC1. The van der Waals surface area contributed by atoms with Crippen LogP contribution in [0.25, 0.3) is 0 Å². The number of nitrogens with zero attached hydrogens (tertiary/aromatic N) is 2. The second kappa shape index (κ2) is 7.88. The first-order valence-electron chi connectivity index (χ1n) is 9.50. The molecule has 4 rings (SSSR count). The summed E-state index contributed by atoms with van der Waals surface area (Å²) in [6.45, 7) is 2.10. The number of amides is 2. The molecule has 0 saturated heterocycles. The molecule has 6 nitrogen and oxygen atoms in total. The Bertz CT molecular complexity index is 820. The number of carbonyl (C=O) groups is 2. The highest BCUT2D eigenvalue weighted by Crippen LogP contribution is 2.27. The number of aromatic nitrogens is 1. The van der Waals surface area contributed by atoms with Crippen LogP contribution in [0.15, 0.2) is 48.8 Å². The van der Waals surface area contributed by atoms with E-state index in [2.05, 4.69) is 44.8 Å². The summed E-state index contributed by atoms with van der Waals surface area (Å²) in [6, 6.07) is 12.5. The number of hydrogen-bond acceptors (Lipinski definition) is 4. The molecule has 6 heteroatoms. The van der Waals surface area contributed by atoms with E-state index in [1.807, 2.05) is 18.3 Å². The van der Waals surface area contributed by atoms with E-state index >= 15 is 0 Å². The van der Waals surface area contributed by atoms with E-state index in [0.29, 0.717) is 6.54 Å². The van der Waals surface area contributed by atoms with E-state index in [0.717, 1.165) is 37.9 Å². The van der Waals surface area contributed by atoms with Crippen molar-refractivity contribution in [2.75, 3.05) is 13.1 Å². The second-order valence-electron chi connectivity index (χ2n) is 7.25. The fraction of sp³-hybridized carbons (Fsp3) is 0.381. The number of fused-ring (bicyclic) bond motifs is 1. The maximum atomic E-state index is 12.2. The summed E-state index contributed by atoms with van der Waals surface area (Å²) in [5.74, 6) is -1.10. The van der Waals surface area contributed by atoms with Crippen molar-refractivity contribution >= 4 is 11.8 Å². The second-order valence-corrected chi connectivity index (χ2v) is 7.25. The topological polar surface area (TPSA) is 74.3 Å². The summed E-state index contributed by atoms with van der Waals surface area (Å²) in [7, 11) is 0. The van der Waals surface area contributed by atoms with Gasteiger partial charge in [-0.1, -0.05) is 30.3 Å². The summed E-state index contributed by atoms with van der Waals surface area (Å²) in [6.07, 6.45) is 6.48. The van der Waals surface area contributed by atoms with Gasteiger partial charge in [-0.2, -0.15) is 0 Å². The van der Waals surface area contributed by atoms with Crippen LogP contribution in [0.1, 0.15) is 35.6 Å². The highest BCUT2D eigenvalue weighted by atomic mass is 16.2. The van der Waals surface area contributed by atoms with Crippen LogP contribution in [0, 0.1) is 0 Å². The van der Waals surface area contributed by atoms with Crippen LogP contribution < -0.4 is 10.6 Å². The minimum atomic E-state index is -0.562. The Morgan fingerprint density at radius 3 is 2.67 bits per heavy atom. The Morgan fingerprint density at radius 1 is 1.11 bits per heavy atom. The number of nitrogens with one attached hydrogen (secondary N) is 2.